The molecule has 1 atom stereocenters. The van der Waals surface area contributed by atoms with Gasteiger partial charge < -0.3 is 5.73 Å². The molecule has 17 heavy (non-hydrogen) atoms. The second kappa shape index (κ2) is 9.11. The number of hydrogen-bond acceptors (Lipinski definition) is 3. The van der Waals surface area contributed by atoms with Gasteiger partial charge in [0.15, 0.2) is 0 Å². The Morgan fingerprint density at radius 1 is 1.18 bits per heavy atom. The number of hydrogen-bond donors (Lipinski definition) is 1. The van der Waals surface area contributed by atoms with E-state index in [4.69, 9.17) is 5.73 Å². The monoisotopic (exact) mass is 238 g/mol. The van der Waals surface area contributed by atoms with Crippen LogP contribution in [-0.4, -0.2) is 12.1 Å². The van der Waals surface area contributed by atoms with E-state index in [1.807, 2.05) is 20.8 Å². The van der Waals surface area contributed by atoms with Crippen LogP contribution in [0.1, 0.15) is 46.5 Å². The summed E-state index contributed by atoms with van der Waals surface area (Å²) in [7, 11) is 0. The first-order valence-corrected chi connectivity index (χ1v) is 6.33. The van der Waals surface area contributed by atoms with Crippen molar-refractivity contribution in [3.63, 3.8) is 0 Å². The summed E-state index contributed by atoms with van der Waals surface area (Å²) in [6.07, 6.45) is 12.6. The van der Waals surface area contributed by atoms with Crippen molar-refractivity contribution in [3.05, 3.63) is 29.2 Å². The van der Waals surface area contributed by atoms with Crippen LogP contribution < -0.4 is 5.73 Å². The highest BCUT2D eigenvalue weighted by atomic mass is 16.3. The molecule has 0 aromatic carbocycles. The molecule has 0 bridgehead atoms. The van der Waals surface area contributed by atoms with Gasteiger partial charge in [0, 0.05) is 5.54 Å². The summed E-state index contributed by atoms with van der Waals surface area (Å²) < 4.78 is 0. The molecule has 0 aliphatic heterocycles. The van der Waals surface area contributed by atoms with Crippen molar-refractivity contribution in [2.24, 2.45) is 16.8 Å². The summed E-state index contributed by atoms with van der Waals surface area (Å²) in [5.41, 5.74) is 5.75. The maximum Gasteiger partial charge on any atom is 0.0839 e. The normalized spacial score (nSPS) is 14.6. The van der Waals surface area contributed by atoms with Crippen molar-refractivity contribution in [1.82, 2.24) is 0 Å². The van der Waals surface area contributed by atoms with Crippen LogP contribution in [0, 0.1) is 10.8 Å². The van der Waals surface area contributed by atoms with Crippen LogP contribution in [0.4, 0.5) is 0 Å². The van der Waals surface area contributed by atoms with E-state index in [-0.39, 0.29) is 5.54 Å². The van der Waals surface area contributed by atoms with Crippen LogP contribution in [0.3, 0.4) is 0 Å². The number of nitroso groups, excluding NO2 is 1. The predicted molar refractivity (Wildman–Crippen MR) is 74.8 cm³/mol. The molecule has 3 nitrogen and oxygen atoms in total. The van der Waals surface area contributed by atoms with Crippen LogP contribution >= 0.6 is 0 Å². The molecule has 0 saturated heterocycles. The van der Waals surface area contributed by atoms with Crippen LogP contribution in [0.25, 0.3) is 0 Å². The number of nitrogens with zero attached hydrogens (tertiary/aromatic N) is 1. The number of allylic oxidation sites excluding steroid dienone is 3. The van der Waals surface area contributed by atoms with Gasteiger partial charge in [-0.2, -0.15) is 4.91 Å². The summed E-state index contributed by atoms with van der Waals surface area (Å²) in [5.74, 6) is 0.359. The lowest BCUT2D eigenvalue weighted by Crippen LogP contribution is -2.30. The minimum atomic E-state index is -0.108. The SMILES string of the molecule is CC(CC=CCCC=CCC(C)(C)N)CN=O. The molecule has 1 unspecified atom stereocenters. The highest BCUT2D eigenvalue weighted by Crippen LogP contribution is 2.06. The summed E-state index contributed by atoms with van der Waals surface area (Å²) >= 11 is 0. The molecule has 0 radical (unpaired) electrons. The standard InChI is InChI=1S/C14H26N2O/c1-13(12-16-17)10-8-6-4-5-7-9-11-14(2,3)15/h6-9,13H,4-5,10-12,15H2,1-3H3. The summed E-state index contributed by atoms with van der Waals surface area (Å²) in [6, 6.07) is 0. The number of rotatable bonds is 9. The molecule has 0 rings (SSSR count). The molecule has 0 fully saturated rings. The number of unbranched alkanes of at least 4 members (excludes halogenated alkanes) is 1. The van der Waals surface area contributed by atoms with E-state index in [9.17, 15) is 4.91 Å². The van der Waals surface area contributed by atoms with Crippen molar-refractivity contribution in [1.29, 1.82) is 0 Å². The van der Waals surface area contributed by atoms with E-state index < -0.39 is 0 Å². The Labute approximate surface area is 105 Å². The fraction of sp³-hybridized carbons (Fsp3) is 0.714. The Bertz CT molecular complexity index is 251. The van der Waals surface area contributed by atoms with Gasteiger partial charge >= 0.3 is 0 Å². The molecule has 3 heteroatoms. The van der Waals surface area contributed by atoms with Gasteiger partial charge in [-0.25, -0.2) is 0 Å². The molecular formula is C14H26N2O. The van der Waals surface area contributed by atoms with Gasteiger partial charge in [-0.1, -0.05) is 36.4 Å². The quantitative estimate of drug-likeness (QED) is 0.377. The van der Waals surface area contributed by atoms with Crippen molar-refractivity contribution in [2.45, 2.75) is 52.0 Å². The van der Waals surface area contributed by atoms with Crippen molar-refractivity contribution >= 4 is 0 Å². The topological polar surface area (TPSA) is 55.4 Å². The Morgan fingerprint density at radius 3 is 2.29 bits per heavy atom. The molecule has 0 heterocycles. The third kappa shape index (κ3) is 13.0. The van der Waals surface area contributed by atoms with E-state index in [0.29, 0.717) is 12.5 Å². The zero-order valence-electron chi connectivity index (χ0n) is 11.4. The largest absolute Gasteiger partial charge is 0.325 e. The average molecular weight is 238 g/mol. The van der Waals surface area contributed by atoms with Gasteiger partial charge in [-0.3, -0.25) is 0 Å². The molecule has 98 valence electrons. The van der Waals surface area contributed by atoms with E-state index in [1.165, 1.54) is 0 Å². The van der Waals surface area contributed by atoms with Gasteiger partial charge in [-0.15, -0.1) is 0 Å². The Morgan fingerprint density at radius 2 is 1.76 bits per heavy atom. The molecule has 0 aliphatic rings. The predicted octanol–water partition coefficient (Wildman–Crippen LogP) is 3.80. The average Bonchev–Trinajstić information content (AvgIpc) is 2.21. The van der Waals surface area contributed by atoms with Gasteiger partial charge in [0.2, 0.25) is 0 Å². The van der Waals surface area contributed by atoms with Crippen LogP contribution in [0.2, 0.25) is 0 Å². The van der Waals surface area contributed by atoms with Gasteiger partial charge in [-0.05, 0) is 45.4 Å². The first-order valence-electron chi connectivity index (χ1n) is 6.33. The molecule has 0 aromatic rings. The first kappa shape index (κ1) is 16.0. The molecule has 0 aliphatic carbocycles. The Kier molecular flexibility index (Phi) is 8.60. The fourth-order valence-electron chi connectivity index (χ4n) is 1.35. The van der Waals surface area contributed by atoms with Gasteiger partial charge in [0.05, 0.1) is 6.54 Å². The third-order valence-corrected chi connectivity index (χ3v) is 2.40. The Balaban J connectivity index is 3.51. The van der Waals surface area contributed by atoms with Crippen LogP contribution in [-0.2, 0) is 0 Å². The zero-order valence-corrected chi connectivity index (χ0v) is 11.4. The molecule has 2 N–H and O–H groups in total. The summed E-state index contributed by atoms with van der Waals surface area (Å²) in [4.78, 5) is 10.0. The van der Waals surface area contributed by atoms with Crippen molar-refractivity contribution in [3.8, 4) is 0 Å². The summed E-state index contributed by atoms with van der Waals surface area (Å²) in [5, 5.41) is 2.89. The van der Waals surface area contributed by atoms with Crippen molar-refractivity contribution in [2.75, 3.05) is 6.54 Å². The third-order valence-electron chi connectivity index (χ3n) is 2.40. The molecular weight excluding hydrogens is 212 g/mol. The van der Waals surface area contributed by atoms with Gasteiger partial charge in [0.1, 0.15) is 0 Å². The highest BCUT2D eigenvalue weighted by Gasteiger charge is 2.06. The molecule has 0 saturated carbocycles. The lowest BCUT2D eigenvalue weighted by atomic mass is 10.0. The molecule has 0 spiro atoms. The second-order valence-corrected chi connectivity index (χ2v) is 5.37. The molecule has 0 aromatic heterocycles. The van der Waals surface area contributed by atoms with Crippen molar-refractivity contribution < 1.29 is 0 Å². The van der Waals surface area contributed by atoms with Crippen LogP contribution in [0.5, 0.6) is 0 Å². The maximum atomic E-state index is 10.0. The van der Waals surface area contributed by atoms with Gasteiger partial charge in [0.25, 0.3) is 0 Å². The van der Waals surface area contributed by atoms with E-state index in [1.54, 1.807) is 0 Å². The first-order chi connectivity index (χ1) is 7.95. The second-order valence-electron chi connectivity index (χ2n) is 5.37. The lowest BCUT2D eigenvalue weighted by Gasteiger charge is -2.14. The lowest BCUT2D eigenvalue weighted by molar-refractivity contribution is 0.527. The minimum absolute atomic E-state index is 0.108. The maximum absolute atomic E-state index is 10.0. The number of nitrogens with two attached hydrogens (primary N) is 1. The fourth-order valence-corrected chi connectivity index (χ4v) is 1.35. The van der Waals surface area contributed by atoms with E-state index >= 15 is 0 Å². The molecule has 0 amide bonds. The highest BCUT2D eigenvalue weighted by molar-refractivity contribution is 4.92. The smallest absolute Gasteiger partial charge is 0.0839 e. The summed E-state index contributed by atoms with van der Waals surface area (Å²) in [6.45, 7) is 6.50. The van der Waals surface area contributed by atoms with Crippen LogP contribution in [0.15, 0.2) is 29.5 Å². The van der Waals surface area contributed by atoms with E-state index in [0.717, 1.165) is 25.7 Å². The Hall–Kier alpha value is -0.960. The van der Waals surface area contributed by atoms with E-state index in [2.05, 4.69) is 29.5 Å². The minimum Gasteiger partial charge on any atom is -0.325 e. The zero-order chi connectivity index (χ0) is 13.1.